The summed E-state index contributed by atoms with van der Waals surface area (Å²) >= 11 is 0. The Morgan fingerprint density at radius 3 is 2.61 bits per heavy atom. The van der Waals surface area contributed by atoms with Crippen molar-refractivity contribution in [1.29, 1.82) is 0 Å². The smallest absolute Gasteiger partial charge is 0.319 e. The molecule has 1 aliphatic rings. The lowest BCUT2D eigenvalue weighted by molar-refractivity contribution is 0.246. The average molecular weight is 421 g/mol. The largest absolute Gasteiger partial charge is 0.489 e. The molecule has 2 heterocycles. The summed E-state index contributed by atoms with van der Waals surface area (Å²) in [5, 5.41) is 5.87. The first-order chi connectivity index (χ1) is 15.2. The topological polar surface area (TPSA) is 79.4 Å². The Morgan fingerprint density at radius 2 is 1.84 bits per heavy atom. The quantitative estimate of drug-likeness (QED) is 0.629. The number of hydrogen-bond donors (Lipinski definition) is 2. The van der Waals surface area contributed by atoms with Crippen LogP contribution in [0.4, 0.5) is 20.8 Å². The molecule has 2 N–H and O–H groups in total. The maximum atomic E-state index is 13.3. The zero-order valence-electron chi connectivity index (χ0n) is 17.0. The van der Waals surface area contributed by atoms with E-state index in [-0.39, 0.29) is 24.5 Å². The molecule has 160 valence electrons. The number of amides is 2. The third-order valence-electron chi connectivity index (χ3n) is 5.05. The minimum atomic E-state index is -0.296. The average Bonchev–Trinajstić information content (AvgIpc) is 2.79. The highest BCUT2D eigenvalue weighted by atomic mass is 19.1. The van der Waals surface area contributed by atoms with Gasteiger partial charge in [-0.05, 0) is 48.7 Å². The van der Waals surface area contributed by atoms with E-state index in [9.17, 15) is 9.18 Å². The van der Waals surface area contributed by atoms with Crippen LogP contribution in [0, 0.1) is 5.82 Å². The van der Waals surface area contributed by atoms with Crippen LogP contribution in [0.15, 0.2) is 67.0 Å². The zero-order chi connectivity index (χ0) is 21.5. The van der Waals surface area contributed by atoms with E-state index in [1.165, 1.54) is 12.1 Å². The minimum absolute atomic E-state index is 0.0902. The highest BCUT2D eigenvalue weighted by Gasteiger charge is 2.22. The lowest BCUT2D eigenvalue weighted by Crippen LogP contribution is -2.46. The van der Waals surface area contributed by atoms with Gasteiger partial charge in [0, 0.05) is 43.3 Å². The van der Waals surface area contributed by atoms with E-state index in [1.807, 2.05) is 0 Å². The predicted octanol–water partition coefficient (Wildman–Crippen LogP) is 3.99. The SMILES string of the molecule is O=C(Nc1cccc(OCc2cccc(F)c2)c1)NC1CCN(c2ncccn2)CC1. The molecule has 2 aromatic carbocycles. The van der Waals surface area contributed by atoms with Gasteiger partial charge in [-0.25, -0.2) is 19.2 Å². The third kappa shape index (κ3) is 5.91. The van der Waals surface area contributed by atoms with Crippen LogP contribution < -0.4 is 20.3 Å². The van der Waals surface area contributed by atoms with Gasteiger partial charge >= 0.3 is 6.03 Å². The number of piperidine rings is 1. The first-order valence-electron chi connectivity index (χ1n) is 10.2. The number of benzene rings is 2. The molecule has 0 atom stereocenters. The van der Waals surface area contributed by atoms with Gasteiger partial charge in [-0.2, -0.15) is 0 Å². The molecule has 0 bridgehead atoms. The van der Waals surface area contributed by atoms with Crippen LogP contribution in [0.3, 0.4) is 0 Å². The Kier molecular flexibility index (Phi) is 6.56. The van der Waals surface area contributed by atoms with Crippen LogP contribution >= 0.6 is 0 Å². The molecule has 8 heteroatoms. The van der Waals surface area contributed by atoms with Gasteiger partial charge in [0.2, 0.25) is 5.95 Å². The number of hydrogen-bond acceptors (Lipinski definition) is 5. The van der Waals surface area contributed by atoms with Crippen LogP contribution in [0.2, 0.25) is 0 Å². The first kappa shape index (κ1) is 20.6. The van der Waals surface area contributed by atoms with Crippen molar-refractivity contribution in [2.45, 2.75) is 25.5 Å². The molecular formula is C23H24FN5O2. The number of nitrogens with zero attached hydrogens (tertiary/aromatic N) is 3. The fourth-order valence-electron chi connectivity index (χ4n) is 3.49. The summed E-state index contributed by atoms with van der Waals surface area (Å²) in [6.45, 7) is 1.83. The van der Waals surface area contributed by atoms with Crippen molar-refractivity contribution in [3.05, 3.63) is 78.4 Å². The van der Waals surface area contributed by atoms with Gasteiger partial charge in [-0.3, -0.25) is 0 Å². The van der Waals surface area contributed by atoms with Gasteiger partial charge in [-0.15, -0.1) is 0 Å². The molecule has 1 aliphatic heterocycles. The van der Waals surface area contributed by atoms with Crippen molar-refractivity contribution < 1.29 is 13.9 Å². The molecule has 7 nitrogen and oxygen atoms in total. The van der Waals surface area contributed by atoms with Gasteiger partial charge in [0.15, 0.2) is 0 Å². The summed E-state index contributed by atoms with van der Waals surface area (Å²) in [5.41, 5.74) is 1.37. The second kappa shape index (κ2) is 9.88. The van der Waals surface area contributed by atoms with Crippen LogP contribution in [-0.2, 0) is 6.61 Å². The van der Waals surface area contributed by atoms with E-state index in [0.29, 0.717) is 11.4 Å². The van der Waals surface area contributed by atoms with Crippen LogP contribution in [0.5, 0.6) is 5.75 Å². The van der Waals surface area contributed by atoms with Gasteiger partial charge in [-0.1, -0.05) is 18.2 Å². The van der Waals surface area contributed by atoms with Crippen molar-refractivity contribution >= 4 is 17.7 Å². The number of anilines is 2. The van der Waals surface area contributed by atoms with Crippen LogP contribution in [-0.4, -0.2) is 35.1 Å². The van der Waals surface area contributed by atoms with E-state index in [2.05, 4.69) is 25.5 Å². The Bertz CT molecular complexity index is 1010. The number of carbonyl (C=O) groups is 1. The molecular weight excluding hydrogens is 397 g/mol. The predicted molar refractivity (Wildman–Crippen MR) is 117 cm³/mol. The standard InChI is InChI=1S/C23H24FN5O2/c24-18-5-1-4-17(14-18)16-31-21-7-2-6-20(15-21)28-23(30)27-19-8-12-29(13-9-19)22-25-10-3-11-26-22/h1-7,10-11,14-15,19H,8-9,12-13,16H2,(H2,27,28,30). The molecule has 0 aliphatic carbocycles. The van der Waals surface area contributed by atoms with Crippen LogP contribution in [0.1, 0.15) is 18.4 Å². The van der Waals surface area contributed by atoms with Crippen molar-refractivity contribution in [2.24, 2.45) is 0 Å². The number of nitrogens with one attached hydrogen (secondary N) is 2. The fraction of sp³-hybridized carbons (Fsp3) is 0.261. The number of halogens is 1. The second-order valence-corrected chi connectivity index (χ2v) is 7.36. The molecule has 1 aromatic heterocycles. The summed E-state index contributed by atoms with van der Waals surface area (Å²) in [6, 6.07) is 15.0. The number of rotatable bonds is 6. The summed E-state index contributed by atoms with van der Waals surface area (Å²) in [6.07, 6.45) is 5.11. The highest BCUT2D eigenvalue weighted by molar-refractivity contribution is 5.89. The molecule has 1 fully saturated rings. The van der Waals surface area contributed by atoms with Crippen molar-refractivity contribution in [3.63, 3.8) is 0 Å². The third-order valence-corrected chi connectivity index (χ3v) is 5.05. The molecule has 0 spiro atoms. The summed E-state index contributed by atoms with van der Waals surface area (Å²) in [7, 11) is 0. The van der Waals surface area contributed by atoms with E-state index < -0.39 is 0 Å². The molecule has 1 saturated heterocycles. The minimum Gasteiger partial charge on any atom is -0.489 e. The first-order valence-corrected chi connectivity index (χ1v) is 10.2. The van der Waals surface area contributed by atoms with Crippen LogP contribution in [0.25, 0.3) is 0 Å². The summed E-state index contributed by atoms with van der Waals surface area (Å²) < 4.78 is 19.0. The number of aromatic nitrogens is 2. The fourth-order valence-corrected chi connectivity index (χ4v) is 3.49. The summed E-state index contributed by atoms with van der Waals surface area (Å²) in [4.78, 5) is 23.1. The lowest BCUT2D eigenvalue weighted by atomic mass is 10.1. The molecule has 31 heavy (non-hydrogen) atoms. The number of urea groups is 1. The van der Waals surface area contributed by atoms with Crippen molar-refractivity contribution in [3.8, 4) is 5.75 Å². The van der Waals surface area contributed by atoms with Gasteiger partial charge in [0.1, 0.15) is 18.2 Å². The Balaban J connectivity index is 1.25. The lowest BCUT2D eigenvalue weighted by Gasteiger charge is -2.32. The maximum Gasteiger partial charge on any atom is 0.319 e. The van der Waals surface area contributed by atoms with Gasteiger partial charge in [0.25, 0.3) is 0 Å². The van der Waals surface area contributed by atoms with Crippen molar-refractivity contribution in [2.75, 3.05) is 23.3 Å². The molecule has 2 amide bonds. The number of carbonyl (C=O) groups excluding carboxylic acids is 1. The molecule has 0 unspecified atom stereocenters. The van der Waals surface area contributed by atoms with Crippen molar-refractivity contribution in [1.82, 2.24) is 15.3 Å². The zero-order valence-corrected chi connectivity index (χ0v) is 17.0. The Labute approximate surface area is 180 Å². The molecule has 4 rings (SSSR count). The molecule has 0 saturated carbocycles. The van der Waals surface area contributed by atoms with Gasteiger partial charge < -0.3 is 20.3 Å². The molecule has 3 aromatic rings. The van der Waals surface area contributed by atoms with E-state index >= 15 is 0 Å². The van der Waals surface area contributed by atoms with Gasteiger partial charge in [0.05, 0.1) is 0 Å². The summed E-state index contributed by atoms with van der Waals surface area (Å²) in [5.74, 6) is 1.02. The Morgan fingerprint density at radius 1 is 1.06 bits per heavy atom. The maximum absolute atomic E-state index is 13.3. The monoisotopic (exact) mass is 421 g/mol. The second-order valence-electron chi connectivity index (χ2n) is 7.36. The van der Waals surface area contributed by atoms with E-state index in [4.69, 9.17) is 4.74 Å². The molecule has 0 radical (unpaired) electrons. The van der Waals surface area contributed by atoms with E-state index in [1.54, 1.807) is 54.9 Å². The normalized spacial score (nSPS) is 14.2. The number of ether oxygens (including phenoxy) is 1. The Hall–Kier alpha value is -3.68. The highest BCUT2D eigenvalue weighted by Crippen LogP contribution is 2.20. The van der Waals surface area contributed by atoms with E-state index in [0.717, 1.165) is 37.4 Å².